The third-order valence-corrected chi connectivity index (χ3v) is 6.81. The standard InChI is InChI=1S/C24H31ClN4O3/c1-24(4-11-32-12-5-24)15-21(30)27-16-22(31)29-9-7-28(8-10-29)17-19-14-20(25)13-18-3-2-6-26-23(18)19/h2-3,6,13-14H,4-5,7-12,15-17H2,1H3,(H,27,30). The van der Waals surface area contributed by atoms with Gasteiger partial charge in [-0.2, -0.15) is 0 Å². The first-order valence-electron chi connectivity index (χ1n) is 11.3. The second-order valence-corrected chi connectivity index (χ2v) is 9.61. The molecule has 0 radical (unpaired) electrons. The fourth-order valence-corrected chi connectivity index (χ4v) is 4.77. The van der Waals surface area contributed by atoms with E-state index in [-0.39, 0.29) is 23.8 Å². The minimum absolute atomic E-state index is 0.0231. The number of ether oxygens (including phenoxy) is 1. The summed E-state index contributed by atoms with van der Waals surface area (Å²) < 4.78 is 5.39. The Balaban J connectivity index is 1.24. The molecule has 0 saturated carbocycles. The Morgan fingerprint density at radius 3 is 2.69 bits per heavy atom. The zero-order valence-electron chi connectivity index (χ0n) is 18.6. The minimum Gasteiger partial charge on any atom is -0.381 e. The zero-order chi connectivity index (χ0) is 22.6. The van der Waals surface area contributed by atoms with Crippen LogP contribution in [0.3, 0.4) is 0 Å². The van der Waals surface area contributed by atoms with Crippen molar-refractivity contribution in [2.24, 2.45) is 5.41 Å². The Morgan fingerprint density at radius 2 is 1.94 bits per heavy atom. The monoisotopic (exact) mass is 458 g/mol. The van der Waals surface area contributed by atoms with Crippen molar-refractivity contribution in [3.63, 3.8) is 0 Å². The first-order valence-corrected chi connectivity index (χ1v) is 11.7. The molecule has 1 N–H and O–H groups in total. The number of aromatic nitrogens is 1. The molecule has 2 aliphatic rings. The van der Waals surface area contributed by atoms with E-state index in [4.69, 9.17) is 16.3 Å². The van der Waals surface area contributed by atoms with Gasteiger partial charge >= 0.3 is 0 Å². The number of fused-ring (bicyclic) bond motifs is 1. The third kappa shape index (κ3) is 5.77. The van der Waals surface area contributed by atoms with E-state index >= 15 is 0 Å². The summed E-state index contributed by atoms with van der Waals surface area (Å²) >= 11 is 6.30. The van der Waals surface area contributed by atoms with Crippen LogP contribution < -0.4 is 5.32 Å². The second-order valence-electron chi connectivity index (χ2n) is 9.17. The third-order valence-electron chi connectivity index (χ3n) is 6.59. The van der Waals surface area contributed by atoms with Crippen molar-refractivity contribution in [3.05, 3.63) is 41.0 Å². The van der Waals surface area contributed by atoms with E-state index in [2.05, 4.69) is 22.1 Å². The average molecular weight is 459 g/mol. The molecule has 4 rings (SSSR count). The van der Waals surface area contributed by atoms with Gasteiger partial charge in [-0.05, 0) is 42.0 Å². The molecule has 1 aromatic heterocycles. The highest BCUT2D eigenvalue weighted by atomic mass is 35.5. The topological polar surface area (TPSA) is 74.8 Å². The summed E-state index contributed by atoms with van der Waals surface area (Å²) in [5.74, 6) is -0.0771. The molecule has 172 valence electrons. The van der Waals surface area contributed by atoms with Gasteiger partial charge in [-0.3, -0.25) is 19.5 Å². The Kier molecular flexibility index (Phi) is 7.28. The number of pyridine rings is 1. The van der Waals surface area contributed by atoms with Gasteiger partial charge in [0.15, 0.2) is 0 Å². The van der Waals surface area contributed by atoms with Gasteiger partial charge in [0.1, 0.15) is 0 Å². The number of carbonyl (C=O) groups is 2. The van der Waals surface area contributed by atoms with Crippen molar-refractivity contribution in [2.45, 2.75) is 32.7 Å². The molecule has 0 bridgehead atoms. The number of hydrogen-bond acceptors (Lipinski definition) is 5. The largest absolute Gasteiger partial charge is 0.381 e. The number of amides is 2. The van der Waals surface area contributed by atoms with Crippen molar-refractivity contribution in [1.82, 2.24) is 20.1 Å². The van der Waals surface area contributed by atoms with Crippen LogP contribution in [0, 0.1) is 5.41 Å². The number of nitrogens with one attached hydrogen (secondary N) is 1. The van der Waals surface area contributed by atoms with Gasteiger partial charge in [-0.25, -0.2) is 0 Å². The highest BCUT2D eigenvalue weighted by Gasteiger charge is 2.30. The van der Waals surface area contributed by atoms with E-state index in [1.54, 1.807) is 6.20 Å². The predicted molar refractivity (Wildman–Crippen MR) is 124 cm³/mol. The smallest absolute Gasteiger partial charge is 0.242 e. The molecule has 2 amide bonds. The quantitative estimate of drug-likeness (QED) is 0.720. The van der Waals surface area contributed by atoms with Crippen molar-refractivity contribution in [3.8, 4) is 0 Å². The summed E-state index contributed by atoms with van der Waals surface area (Å²) in [5, 5.41) is 4.57. The molecule has 0 spiro atoms. The van der Waals surface area contributed by atoms with E-state index in [0.29, 0.717) is 37.7 Å². The van der Waals surface area contributed by atoms with Crippen molar-refractivity contribution in [2.75, 3.05) is 45.9 Å². The van der Waals surface area contributed by atoms with Crippen LogP contribution in [0.4, 0.5) is 0 Å². The Morgan fingerprint density at radius 1 is 1.19 bits per heavy atom. The fourth-order valence-electron chi connectivity index (χ4n) is 4.52. The molecule has 8 heteroatoms. The van der Waals surface area contributed by atoms with Crippen LogP contribution in [0.25, 0.3) is 10.9 Å². The van der Waals surface area contributed by atoms with Gasteiger partial charge in [0.2, 0.25) is 11.8 Å². The Hall–Kier alpha value is -2.22. The second kappa shape index (κ2) is 10.1. The first-order chi connectivity index (χ1) is 15.4. The summed E-state index contributed by atoms with van der Waals surface area (Å²) in [6.45, 7) is 7.18. The molecular weight excluding hydrogens is 428 g/mol. The van der Waals surface area contributed by atoms with Gasteiger partial charge < -0.3 is 15.0 Å². The zero-order valence-corrected chi connectivity index (χ0v) is 19.4. The highest BCUT2D eigenvalue weighted by Crippen LogP contribution is 2.33. The molecule has 3 heterocycles. The summed E-state index contributed by atoms with van der Waals surface area (Å²) in [6, 6.07) is 7.84. The molecule has 2 aliphatic heterocycles. The highest BCUT2D eigenvalue weighted by molar-refractivity contribution is 6.31. The summed E-state index contributed by atoms with van der Waals surface area (Å²) in [4.78, 5) is 33.6. The van der Waals surface area contributed by atoms with E-state index in [9.17, 15) is 9.59 Å². The number of nitrogens with zero attached hydrogens (tertiary/aromatic N) is 3. The van der Waals surface area contributed by atoms with E-state index in [0.717, 1.165) is 48.9 Å². The Bertz CT molecular complexity index is 969. The Labute approximate surface area is 194 Å². The number of rotatable bonds is 6. The van der Waals surface area contributed by atoms with Crippen LogP contribution in [0.5, 0.6) is 0 Å². The number of piperazine rings is 1. The molecule has 32 heavy (non-hydrogen) atoms. The summed E-state index contributed by atoms with van der Waals surface area (Å²) in [6.07, 6.45) is 4.01. The predicted octanol–water partition coefficient (Wildman–Crippen LogP) is 2.86. The molecular formula is C24H31ClN4O3. The molecule has 0 aliphatic carbocycles. The SMILES string of the molecule is CC1(CC(=O)NCC(=O)N2CCN(Cc3cc(Cl)cc4cccnc34)CC2)CCOCC1. The molecule has 7 nitrogen and oxygen atoms in total. The lowest BCUT2D eigenvalue weighted by atomic mass is 9.79. The molecule has 2 fully saturated rings. The fraction of sp³-hybridized carbons (Fsp3) is 0.542. The van der Waals surface area contributed by atoms with Gasteiger partial charge in [0.25, 0.3) is 0 Å². The number of carbonyl (C=O) groups excluding carboxylic acids is 2. The van der Waals surface area contributed by atoms with E-state index < -0.39 is 0 Å². The lowest BCUT2D eigenvalue weighted by Gasteiger charge is -2.35. The lowest BCUT2D eigenvalue weighted by molar-refractivity contribution is -0.135. The van der Waals surface area contributed by atoms with Crippen molar-refractivity contribution < 1.29 is 14.3 Å². The average Bonchev–Trinajstić information content (AvgIpc) is 2.78. The van der Waals surface area contributed by atoms with E-state index in [1.807, 2.05) is 29.2 Å². The van der Waals surface area contributed by atoms with Crippen LogP contribution in [-0.2, 0) is 20.9 Å². The van der Waals surface area contributed by atoms with Crippen molar-refractivity contribution >= 4 is 34.3 Å². The van der Waals surface area contributed by atoms with Gasteiger partial charge in [-0.15, -0.1) is 0 Å². The number of halogens is 1. The maximum Gasteiger partial charge on any atom is 0.242 e. The maximum atomic E-state index is 12.6. The molecule has 2 saturated heterocycles. The maximum absolute atomic E-state index is 12.6. The normalized spacial score (nSPS) is 19.1. The van der Waals surface area contributed by atoms with Gasteiger partial charge in [0, 0.05) is 69.0 Å². The van der Waals surface area contributed by atoms with Gasteiger partial charge in [-0.1, -0.05) is 24.6 Å². The van der Waals surface area contributed by atoms with Crippen LogP contribution in [-0.4, -0.2) is 72.5 Å². The molecule has 0 unspecified atom stereocenters. The number of hydrogen-bond donors (Lipinski definition) is 1. The summed E-state index contributed by atoms with van der Waals surface area (Å²) in [5.41, 5.74) is 2.04. The van der Waals surface area contributed by atoms with Crippen LogP contribution >= 0.6 is 11.6 Å². The molecule has 0 atom stereocenters. The van der Waals surface area contributed by atoms with Gasteiger partial charge in [0.05, 0.1) is 12.1 Å². The first kappa shape index (κ1) is 23.0. The minimum atomic E-state index is -0.0540. The van der Waals surface area contributed by atoms with Crippen LogP contribution in [0.15, 0.2) is 30.5 Å². The van der Waals surface area contributed by atoms with Crippen LogP contribution in [0.1, 0.15) is 31.7 Å². The molecule has 2 aromatic rings. The van der Waals surface area contributed by atoms with Crippen LogP contribution in [0.2, 0.25) is 5.02 Å². The number of benzene rings is 1. The lowest BCUT2D eigenvalue weighted by Crippen LogP contribution is -2.51. The molecule has 1 aromatic carbocycles. The van der Waals surface area contributed by atoms with Crippen molar-refractivity contribution in [1.29, 1.82) is 0 Å². The van der Waals surface area contributed by atoms with E-state index in [1.165, 1.54) is 0 Å². The summed E-state index contributed by atoms with van der Waals surface area (Å²) in [7, 11) is 0.